The minimum atomic E-state index is -0.0146. The first kappa shape index (κ1) is 11.3. The first-order valence-corrected chi connectivity index (χ1v) is 5.45. The van der Waals surface area contributed by atoms with Crippen molar-refractivity contribution in [2.75, 3.05) is 26.7 Å². The van der Waals surface area contributed by atoms with E-state index in [9.17, 15) is 4.79 Å². The van der Waals surface area contributed by atoms with Gasteiger partial charge in [-0.2, -0.15) is 0 Å². The third-order valence-corrected chi connectivity index (χ3v) is 2.76. The maximum absolute atomic E-state index is 11.3. The van der Waals surface area contributed by atoms with Crippen molar-refractivity contribution in [2.45, 2.75) is 32.2 Å². The van der Waals surface area contributed by atoms with E-state index in [4.69, 9.17) is 0 Å². The molecule has 1 saturated carbocycles. The summed E-state index contributed by atoms with van der Waals surface area (Å²) in [6.07, 6.45) is 3.54. The van der Waals surface area contributed by atoms with Crippen LogP contribution in [0.5, 0.6) is 0 Å². The molecule has 1 rings (SSSR count). The van der Waals surface area contributed by atoms with Crippen LogP contribution in [0.15, 0.2) is 0 Å². The van der Waals surface area contributed by atoms with Crippen molar-refractivity contribution in [2.24, 2.45) is 0 Å². The van der Waals surface area contributed by atoms with Crippen molar-refractivity contribution in [3.63, 3.8) is 0 Å². The number of hydrogen-bond acceptors (Lipinski definition) is 2. The summed E-state index contributed by atoms with van der Waals surface area (Å²) in [5, 5.41) is 5.79. The largest absolute Gasteiger partial charge is 0.337 e. The molecule has 0 saturated heterocycles. The van der Waals surface area contributed by atoms with Crippen molar-refractivity contribution in [3.05, 3.63) is 0 Å². The van der Waals surface area contributed by atoms with Gasteiger partial charge in [-0.05, 0) is 32.9 Å². The van der Waals surface area contributed by atoms with E-state index in [0.717, 1.165) is 32.5 Å². The lowest BCUT2D eigenvalue weighted by Crippen LogP contribution is -2.46. The van der Waals surface area contributed by atoms with Crippen LogP contribution in [-0.4, -0.2) is 43.7 Å². The molecule has 0 radical (unpaired) electrons. The lowest BCUT2D eigenvalue weighted by atomic mass is 9.93. The van der Waals surface area contributed by atoms with Gasteiger partial charge in [0.2, 0.25) is 0 Å². The molecule has 0 aliphatic heterocycles. The van der Waals surface area contributed by atoms with Gasteiger partial charge in [-0.15, -0.1) is 0 Å². The van der Waals surface area contributed by atoms with Gasteiger partial charge < -0.3 is 15.5 Å². The average Bonchev–Trinajstić information content (AvgIpc) is 2.11. The van der Waals surface area contributed by atoms with E-state index in [-0.39, 0.29) is 6.03 Å². The summed E-state index contributed by atoms with van der Waals surface area (Å²) in [4.78, 5) is 13.4. The first-order valence-electron chi connectivity index (χ1n) is 5.45. The van der Waals surface area contributed by atoms with Gasteiger partial charge in [-0.25, -0.2) is 4.79 Å². The lowest BCUT2D eigenvalue weighted by Gasteiger charge is -2.26. The molecule has 0 heterocycles. The smallest absolute Gasteiger partial charge is 0.315 e. The molecular formula is C10H21N3O. The van der Waals surface area contributed by atoms with Crippen LogP contribution in [0.1, 0.15) is 26.2 Å². The van der Waals surface area contributed by atoms with Crippen LogP contribution >= 0.6 is 0 Å². The summed E-state index contributed by atoms with van der Waals surface area (Å²) in [5.74, 6) is 0. The topological polar surface area (TPSA) is 44.4 Å². The van der Waals surface area contributed by atoms with Gasteiger partial charge in [0.1, 0.15) is 0 Å². The molecule has 4 nitrogen and oxygen atoms in total. The third kappa shape index (κ3) is 3.96. The Morgan fingerprint density at radius 2 is 2.21 bits per heavy atom. The monoisotopic (exact) mass is 199 g/mol. The second kappa shape index (κ2) is 5.86. The summed E-state index contributed by atoms with van der Waals surface area (Å²) < 4.78 is 0. The molecule has 4 heteroatoms. The van der Waals surface area contributed by atoms with Gasteiger partial charge in [-0.1, -0.05) is 6.92 Å². The first-order chi connectivity index (χ1) is 6.72. The number of carbonyl (C=O) groups excluding carboxylic acids is 1. The van der Waals surface area contributed by atoms with E-state index in [1.807, 2.05) is 7.05 Å². The predicted octanol–water partition coefficient (Wildman–Crippen LogP) is 0.790. The molecule has 0 spiro atoms. The van der Waals surface area contributed by atoms with Crippen LogP contribution < -0.4 is 10.6 Å². The normalized spacial score (nSPS) is 16.5. The van der Waals surface area contributed by atoms with E-state index in [0.29, 0.717) is 6.04 Å². The minimum absolute atomic E-state index is 0.0146. The summed E-state index contributed by atoms with van der Waals surface area (Å²) in [6.45, 7) is 4.76. The number of rotatable bonds is 5. The molecule has 1 aliphatic carbocycles. The van der Waals surface area contributed by atoms with Crippen LogP contribution in [0.25, 0.3) is 0 Å². The van der Waals surface area contributed by atoms with Gasteiger partial charge in [0.25, 0.3) is 0 Å². The van der Waals surface area contributed by atoms with E-state index < -0.39 is 0 Å². The van der Waals surface area contributed by atoms with Crippen molar-refractivity contribution < 1.29 is 4.79 Å². The van der Waals surface area contributed by atoms with E-state index in [1.165, 1.54) is 6.42 Å². The van der Waals surface area contributed by atoms with Gasteiger partial charge in [0, 0.05) is 19.1 Å². The van der Waals surface area contributed by atoms with E-state index >= 15 is 0 Å². The molecule has 0 atom stereocenters. The zero-order valence-corrected chi connectivity index (χ0v) is 9.18. The highest BCUT2D eigenvalue weighted by atomic mass is 16.2. The van der Waals surface area contributed by atoms with Gasteiger partial charge >= 0.3 is 6.03 Å². The molecular weight excluding hydrogens is 178 g/mol. The molecule has 0 aromatic heterocycles. The Labute approximate surface area is 86.0 Å². The maximum atomic E-state index is 11.3. The number of nitrogens with zero attached hydrogens (tertiary/aromatic N) is 1. The second-order valence-electron chi connectivity index (χ2n) is 3.92. The van der Waals surface area contributed by atoms with Crippen LogP contribution in [0.3, 0.4) is 0 Å². The van der Waals surface area contributed by atoms with Crippen LogP contribution in [0.2, 0.25) is 0 Å². The summed E-state index contributed by atoms with van der Waals surface area (Å²) in [7, 11) is 2.05. The SMILES string of the molecule is CCN(C)CCNC(=O)NC1CCC1. The highest BCUT2D eigenvalue weighted by Gasteiger charge is 2.18. The number of hydrogen-bond donors (Lipinski definition) is 2. The van der Waals surface area contributed by atoms with Crippen LogP contribution in [0, 0.1) is 0 Å². The number of nitrogens with one attached hydrogen (secondary N) is 2. The minimum Gasteiger partial charge on any atom is -0.337 e. The Morgan fingerprint density at radius 1 is 1.50 bits per heavy atom. The number of urea groups is 1. The molecule has 82 valence electrons. The summed E-state index contributed by atoms with van der Waals surface area (Å²) in [5.41, 5.74) is 0. The Morgan fingerprint density at radius 3 is 2.71 bits per heavy atom. The van der Waals surface area contributed by atoms with Crippen LogP contribution in [-0.2, 0) is 0 Å². The number of amides is 2. The molecule has 2 amide bonds. The molecule has 2 N–H and O–H groups in total. The fraction of sp³-hybridized carbons (Fsp3) is 0.900. The second-order valence-corrected chi connectivity index (χ2v) is 3.92. The Kier molecular flexibility index (Phi) is 4.73. The highest BCUT2D eigenvalue weighted by molar-refractivity contribution is 5.74. The molecule has 0 unspecified atom stereocenters. The zero-order valence-electron chi connectivity index (χ0n) is 9.18. The van der Waals surface area contributed by atoms with Gasteiger partial charge in [-0.3, -0.25) is 0 Å². The van der Waals surface area contributed by atoms with Crippen molar-refractivity contribution in [3.8, 4) is 0 Å². The fourth-order valence-corrected chi connectivity index (χ4v) is 1.31. The van der Waals surface area contributed by atoms with Crippen molar-refractivity contribution in [1.82, 2.24) is 15.5 Å². The molecule has 0 aromatic rings. The zero-order chi connectivity index (χ0) is 10.4. The van der Waals surface area contributed by atoms with Crippen molar-refractivity contribution in [1.29, 1.82) is 0 Å². The fourth-order valence-electron chi connectivity index (χ4n) is 1.31. The third-order valence-electron chi connectivity index (χ3n) is 2.76. The van der Waals surface area contributed by atoms with E-state index in [1.54, 1.807) is 0 Å². The number of likely N-dealkylation sites (N-methyl/N-ethyl adjacent to an activating group) is 1. The molecule has 14 heavy (non-hydrogen) atoms. The predicted molar refractivity (Wildman–Crippen MR) is 57.3 cm³/mol. The molecule has 0 bridgehead atoms. The highest BCUT2D eigenvalue weighted by Crippen LogP contribution is 2.17. The van der Waals surface area contributed by atoms with E-state index in [2.05, 4.69) is 22.5 Å². The van der Waals surface area contributed by atoms with Gasteiger partial charge in [0.15, 0.2) is 0 Å². The quantitative estimate of drug-likeness (QED) is 0.687. The number of carbonyl (C=O) groups is 1. The Bertz CT molecular complexity index is 180. The molecule has 1 aliphatic rings. The van der Waals surface area contributed by atoms with Crippen molar-refractivity contribution >= 4 is 6.03 Å². The average molecular weight is 199 g/mol. The Balaban J connectivity index is 1.97. The maximum Gasteiger partial charge on any atom is 0.315 e. The molecule has 1 fully saturated rings. The summed E-state index contributed by atoms with van der Waals surface area (Å²) >= 11 is 0. The Hall–Kier alpha value is -0.770. The standard InChI is InChI=1S/C10H21N3O/c1-3-13(2)8-7-11-10(14)12-9-5-4-6-9/h9H,3-8H2,1-2H3,(H2,11,12,14). The molecule has 0 aromatic carbocycles. The summed E-state index contributed by atoms with van der Waals surface area (Å²) in [6, 6.07) is 0.415. The van der Waals surface area contributed by atoms with Crippen LogP contribution in [0.4, 0.5) is 4.79 Å². The van der Waals surface area contributed by atoms with Gasteiger partial charge in [0.05, 0.1) is 0 Å². The lowest BCUT2D eigenvalue weighted by molar-refractivity contribution is 0.226.